The molecule has 1 unspecified atom stereocenters. The number of aliphatic hydroxyl groups is 1. The monoisotopic (exact) mass is 233 g/mol. The highest BCUT2D eigenvalue weighted by Crippen LogP contribution is 2.35. The first kappa shape index (κ1) is 12.6. The summed E-state index contributed by atoms with van der Waals surface area (Å²) in [5.41, 5.74) is 1.19. The van der Waals surface area contributed by atoms with Crippen LogP contribution in [0.15, 0.2) is 30.3 Å². The molecule has 0 radical (unpaired) electrons. The second-order valence-electron chi connectivity index (χ2n) is 5.05. The molecule has 0 saturated heterocycles. The lowest BCUT2D eigenvalue weighted by molar-refractivity contribution is 0.224. The lowest BCUT2D eigenvalue weighted by Gasteiger charge is -2.24. The minimum atomic E-state index is 0.0911. The van der Waals surface area contributed by atoms with Gasteiger partial charge < -0.3 is 10.4 Å². The van der Waals surface area contributed by atoms with Crippen LogP contribution in [0.5, 0.6) is 0 Å². The second kappa shape index (κ2) is 6.18. The number of benzene rings is 1. The van der Waals surface area contributed by atoms with Crippen molar-refractivity contribution in [2.75, 3.05) is 6.61 Å². The maximum absolute atomic E-state index is 9.54. The van der Waals surface area contributed by atoms with Crippen molar-refractivity contribution in [3.8, 4) is 0 Å². The molecule has 2 N–H and O–H groups in total. The predicted octanol–water partition coefficient (Wildman–Crippen LogP) is 2.89. The quantitative estimate of drug-likeness (QED) is 0.759. The van der Waals surface area contributed by atoms with Gasteiger partial charge in [-0.25, -0.2) is 0 Å². The van der Waals surface area contributed by atoms with Crippen LogP contribution in [0, 0.1) is 5.92 Å². The lowest BCUT2D eigenvalue weighted by atomic mass is 10.0. The fourth-order valence-corrected chi connectivity index (χ4v) is 2.46. The molecule has 94 valence electrons. The topological polar surface area (TPSA) is 32.3 Å². The highest BCUT2D eigenvalue weighted by Gasteiger charge is 2.31. The normalized spacial score (nSPS) is 18.9. The number of nitrogens with one attached hydrogen (secondary N) is 1. The van der Waals surface area contributed by atoms with Crippen molar-refractivity contribution in [2.24, 2.45) is 5.92 Å². The van der Waals surface area contributed by atoms with Gasteiger partial charge in [-0.05, 0) is 30.7 Å². The van der Waals surface area contributed by atoms with E-state index < -0.39 is 0 Å². The first-order valence-corrected chi connectivity index (χ1v) is 6.77. The molecule has 0 aromatic heterocycles. The van der Waals surface area contributed by atoms with Gasteiger partial charge in [0.25, 0.3) is 0 Å². The van der Waals surface area contributed by atoms with E-state index >= 15 is 0 Å². The minimum Gasteiger partial charge on any atom is -0.394 e. The summed E-state index contributed by atoms with van der Waals surface area (Å²) in [5, 5.41) is 13.2. The molecule has 1 aliphatic carbocycles. The zero-order valence-electron chi connectivity index (χ0n) is 10.6. The van der Waals surface area contributed by atoms with Crippen LogP contribution in [0.2, 0.25) is 0 Å². The molecule has 2 atom stereocenters. The van der Waals surface area contributed by atoms with Crippen molar-refractivity contribution < 1.29 is 5.11 Å². The number of aliphatic hydroxyl groups excluding tert-OH is 1. The SMILES string of the molecule is CCCC(N[C@H](CO)c1ccccc1)C1CC1. The Bertz CT molecular complexity index is 321. The Hall–Kier alpha value is -0.860. The van der Waals surface area contributed by atoms with Gasteiger partial charge in [-0.15, -0.1) is 0 Å². The van der Waals surface area contributed by atoms with Crippen LogP contribution in [0.4, 0.5) is 0 Å². The van der Waals surface area contributed by atoms with E-state index in [1.807, 2.05) is 18.2 Å². The minimum absolute atomic E-state index is 0.0911. The largest absolute Gasteiger partial charge is 0.394 e. The van der Waals surface area contributed by atoms with Crippen LogP contribution in [0.3, 0.4) is 0 Å². The summed E-state index contributed by atoms with van der Waals surface area (Å²) in [7, 11) is 0. The van der Waals surface area contributed by atoms with Crippen molar-refractivity contribution in [3.63, 3.8) is 0 Å². The molecule has 0 aliphatic heterocycles. The van der Waals surface area contributed by atoms with Gasteiger partial charge >= 0.3 is 0 Å². The van der Waals surface area contributed by atoms with E-state index in [1.165, 1.54) is 31.2 Å². The molecule has 1 aromatic carbocycles. The maximum atomic E-state index is 9.54. The highest BCUT2D eigenvalue weighted by atomic mass is 16.3. The molecule has 2 rings (SSSR count). The summed E-state index contributed by atoms with van der Waals surface area (Å²) in [6.45, 7) is 2.41. The Morgan fingerprint density at radius 2 is 2.00 bits per heavy atom. The molecule has 0 spiro atoms. The van der Waals surface area contributed by atoms with Crippen molar-refractivity contribution >= 4 is 0 Å². The average Bonchev–Trinajstić information content (AvgIpc) is 3.20. The van der Waals surface area contributed by atoms with E-state index in [9.17, 15) is 5.11 Å². The van der Waals surface area contributed by atoms with Crippen molar-refractivity contribution in [1.82, 2.24) is 5.32 Å². The Balaban J connectivity index is 1.98. The van der Waals surface area contributed by atoms with Gasteiger partial charge in [0.15, 0.2) is 0 Å². The van der Waals surface area contributed by atoms with Crippen LogP contribution in [-0.2, 0) is 0 Å². The zero-order chi connectivity index (χ0) is 12.1. The smallest absolute Gasteiger partial charge is 0.0626 e. The van der Waals surface area contributed by atoms with E-state index in [2.05, 4.69) is 24.4 Å². The molecule has 2 heteroatoms. The lowest BCUT2D eigenvalue weighted by Crippen LogP contribution is -2.36. The molecular formula is C15H23NO. The van der Waals surface area contributed by atoms with Crippen molar-refractivity contribution in [2.45, 2.75) is 44.7 Å². The predicted molar refractivity (Wildman–Crippen MR) is 70.8 cm³/mol. The van der Waals surface area contributed by atoms with Gasteiger partial charge in [-0.1, -0.05) is 43.7 Å². The first-order valence-electron chi connectivity index (χ1n) is 6.77. The summed E-state index contributed by atoms with van der Waals surface area (Å²) < 4.78 is 0. The number of hydrogen-bond donors (Lipinski definition) is 2. The van der Waals surface area contributed by atoms with E-state index in [0.717, 1.165) is 5.92 Å². The van der Waals surface area contributed by atoms with Gasteiger partial charge in [-0.3, -0.25) is 0 Å². The molecule has 2 nitrogen and oxygen atoms in total. The third kappa shape index (κ3) is 3.55. The van der Waals surface area contributed by atoms with Crippen LogP contribution >= 0.6 is 0 Å². The summed E-state index contributed by atoms with van der Waals surface area (Å²) >= 11 is 0. The molecule has 1 fully saturated rings. The van der Waals surface area contributed by atoms with E-state index in [1.54, 1.807) is 0 Å². The van der Waals surface area contributed by atoms with Gasteiger partial charge in [0.1, 0.15) is 0 Å². The summed E-state index contributed by atoms with van der Waals surface area (Å²) in [6.07, 6.45) is 5.13. The van der Waals surface area contributed by atoms with Crippen LogP contribution < -0.4 is 5.32 Å². The molecular weight excluding hydrogens is 210 g/mol. The fraction of sp³-hybridized carbons (Fsp3) is 0.600. The van der Waals surface area contributed by atoms with Gasteiger partial charge in [0, 0.05) is 6.04 Å². The molecule has 1 aliphatic rings. The Labute approximate surface area is 104 Å². The Morgan fingerprint density at radius 3 is 2.53 bits per heavy atom. The van der Waals surface area contributed by atoms with Gasteiger partial charge in [0.05, 0.1) is 12.6 Å². The van der Waals surface area contributed by atoms with E-state index in [4.69, 9.17) is 0 Å². The average molecular weight is 233 g/mol. The van der Waals surface area contributed by atoms with Crippen LogP contribution in [0.1, 0.15) is 44.2 Å². The highest BCUT2D eigenvalue weighted by molar-refractivity contribution is 5.19. The Morgan fingerprint density at radius 1 is 1.29 bits per heavy atom. The van der Waals surface area contributed by atoms with Crippen LogP contribution in [-0.4, -0.2) is 17.8 Å². The third-order valence-corrected chi connectivity index (χ3v) is 3.59. The summed E-state index contributed by atoms with van der Waals surface area (Å²) in [4.78, 5) is 0. The molecule has 1 saturated carbocycles. The van der Waals surface area contributed by atoms with E-state index in [0.29, 0.717) is 6.04 Å². The number of rotatable bonds is 7. The summed E-state index contributed by atoms with van der Waals surface area (Å²) in [6, 6.07) is 10.9. The first-order chi connectivity index (χ1) is 8.35. The van der Waals surface area contributed by atoms with Crippen molar-refractivity contribution in [3.05, 3.63) is 35.9 Å². The second-order valence-corrected chi connectivity index (χ2v) is 5.05. The molecule has 0 heterocycles. The van der Waals surface area contributed by atoms with Gasteiger partial charge in [-0.2, -0.15) is 0 Å². The van der Waals surface area contributed by atoms with Crippen LogP contribution in [0.25, 0.3) is 0 Å². The van der Waals surface area contributed by atoms with Gasteiger partial charge in [0.2, 0.25) is 0 Å². The van der Waals surface area contributed by atoms with Crippen molar-refractivity contribution in [1.29, 1.82) is 0 Å². The fourth-order valence-electron chi connectivity index (χ4n) is 2.46. The third-order valence-electron chi connectivity index (χ3n) is 3.59. The summed E-state index contributed by atoms with van der Waals surface area (Å²) in [5.74, 6) is 0.840. The molecule has 1 aromatic rings. The molecule has 0 amide bonds. The number of hydrogen-bond acceptors (Lipinski definition) is 2. The molecule has 17 heavy (non-hydrogen) atoms. The zero-order valence-corrected chi connectivity index (χ0v) is 10.6. The Kier molecular flexibility index (Phi) is 4.57. The van der Waals surface area contributed by atoms with E-state index in [-0.39, 0.29) is 12.6 Å². The standard InChI is InChI=1S/C15H23NO/c1-2-6-14(13-9-10-13)16-15(11-17)12-7-4-3-5-8-12/h3-5,7-8,13-17H,2,6,9-11H2,1H3/t14?,15-/m1/s1. The maximum Gasteiger partial charge on any atom is 0.0626 e. The molecule has 0 bridgehead atoms.